The maximum atomic E-state index is 13.1. The molecule has 0 saturated heterocycles. The molecule has 100 valence electrons. The van der Waals surface area contributed by atoms with Crippen LogP contribution in [-0.2, 0) is 6.42 Å². The van der Waals surface area contributed by atoms with Crippen LogP contribution >= 0.6 is 0 Å². The fourth-order valence-electron chi connectivity index (χ4n) is 2.98. The summed E-state index contributed by atoms with van der Waals surface area (Å²) in [6.07, 6.45) is 5.46. The van der Waals surface area contributed by atoms with E-state index in [0.29, 0.717) is 12.3 Å². The highest BCUT2D eigenvalue weighted by Gasteiger charge is 2.28. The first-order chi connectivity index (χ1) is 8.60. The quantitative estimate of drug-likeness (QED) is 0.870. The van der Waals surface area contributed by atoms with E-state index in [4.69, 9.17) is 5.73 Å². The topological polar surface area (TPSA) is 26.0 Å². The van der Waals surface area contributed by atoms with Crippen molar-refractivity contribution >= 4 is 0 Å². The Balaban J connectivity index is 1.94. The number of hydrogen-bond acceptors (Lipinski definition) is 1. The van der Waals surface area contributed by atoms with E-state index in [-0.39, 0.29) is 6.04 Å². The normalized spacial score (nSPS) is 25.3. The molecule has 0 aliphatic heterocycles. The van der Waals surface area contributed by atoms with Gasteiger partial charge in [0, 0.05) is 6.04 Å². The van der Waals surface area contributed by atoms with Gasteiger partial charge >= 0.3 is 0 Å². The molecule has 1 nitrogen and oxygen atoms in total. The predicted octanol–water partition coefficient (Wildman–Crippen LogP) is 3.66. The SMILES string of the molecule is CCC1CCC(C(N)Cc2ccc(F)c(F)c2)C1. The second kappa shape index (κ2) is 5.79. The first kappa shape index (κ1) is 13.5. The summed E-state index contributed by atoms with van der Waals surface area (Å²) in [6.45, 7) is 2.22. The van der Waals surface area contributed by atoms with Crippen LogP contribution in [0.25, 0.3) is 0 Å². The van der Waals surface area contributed by atoms with Crippen LogP contribution in [0.2, 0.25) is 0 Å². The molecule has 1 aliphatic carbocycles. The van der Waals surface area contributed by atoms with E-state index in [2.05, 4.69) is 6.92 Å². The van der Waals surface area contributed by atoms with Crippen molar-refractivity contribution < 1.29 is 8.78 Å². The number of rotatable bonds is 4. The van der Waals surface area contributed by atoms with Gasteiger partial charge in [-0.3, -0.25) is 0 Å². The van der Waals surface area contributed by atoms with Gasteiger partial charge in [0.2, 0.25) is 0 Å². The predicted molar refractivity (Wildman–Crippen MR) is 69.2 cm³/mol. The van der Waals surface area contributed by atoms with Crippen LogP contribution in [0.3, 0.4) is 0 Å². The van der Waals surface area contributed by atoms with E-state index in [1.165, 1.54) is 37.8 Å². The summed E-state index contributed by atoms with van der Waals surface area (Å²) >= 11 is 0. The lowest BCUT2D eigenvalue weighted by molar-refractivity contribution is 0.404. The molecule has 1 aromatic carbocycles. The number of nitrogens with two attached hydrogens (primary N) is 1. The van der Waals surface area contributed by atoms with Crippen molar-refractivity contribution in [3.05, 3.63) is 35.4 Å². The van der Waals surface area contributed by atoms with E-state index < -0.39 is 11.6 Å². The zero-order valence-corrected chi connectivity index (χ0v) is 10.8. The Labute approximate surface area is 107 Å². The third kappa shape index (κ3) is 3.08. The maximum absolute atomic E-state index is 13.1. The molecular formula is C15H21F2N. The molecule has 1 saturated carbocycles. The largest absolute Gasteiger partial charge is 0.327 e. The van der Waals surface area contributed by atoms with Crippen LogP contribution in [0.1, 0.15) is 38.2 Å². The fraction of sp³-hybridized carbons (Fsp3) is 0.600. The van der Waals surface area contributed by atoms with Gasteiger partial charge in [-0.25, -0.2) is 8.78 Å². The van der Waals surface area contributed by atoms with Crippen LogP contribution in [0, 0.1) is 23.5 Å². The standard InChI is InChI=1S/C15H21F2N/c1-2-10-3-5-12(7-10)15(18)9-11-4-6-13(16)14(17)8-11/h4,6,8,10,12,15H,2-3,5,7,9,18H2,1H3. The highest BCUT2D eigenvalue weighted by Crippen LogP contribution is 2.35. The summed E-state index contributed by atoms with van der Waals surface area (Å²) in [6, 6.07) is 4.14. The monoisotopic (exact) mass is 253 g/mol. The number of hydrogen-bond donors (Lipinski definition) is 1. The Morgan fingerprint density at radius 3 is 2.67 bits per heavy atom. The van der Waals surface area contributed by atoms with Gasteiger partial charge in [-0.15, -0.1) is 0 Å². The van der Waals surface area contributed by atoms with Gasteiger partial charge in [0.25, 0.3) is 0 Å². The summed E-state index contributed by atoms with van der Waals surface area (Å²) in [4.78, 5) is 0. The molecule has 3 atom stereocenters. The molecule has 1 fully saturated rings. The number of benzene rings is 1. The Bertz CT molecular complexity index is 405. The van der Waals surface area contributed by atoms with Gasteiger partial charge in [-0.2, -0.15) is 0 Å². The van der Waals surface area contributed by atoms with E-state index in [1.54, 1.807) is 6.07 Å². The minimum absolute atomic E-state index is 0.0615. The maximum Gasteiger partial charge on any atom is 0.159 e. The van der Waals surface area contributed by atoms with Gasteiger partial charge in [-0.05, 0) is 48.8 Å². The average Bonchev–Trinajstić information content (AvgIpc) is 2.82. The summed E-state index contributed by atoms with van der Waals surface area (Å²) in [7, 11) is 0. The molecule has 0 aromatic heterocycles. The highest BCUT2D eigenvalue weighted by atomic mass is 19.2. The first-order valence-electron chi connectivity index (χ1n) is 6.79. The van der Waals surface area contributed by atoms with E-state index in [9.17, 15) is 8.78 Å². The molecule has 1 aromatic rings. The van der Waals surface area contributed by atoms with Gasteiger partial charge in [0.15, 0.2) is 11.6 Å². The zero-order chi connectivity index (χ0) is 13.1. The molecule has 2 N–H and O–H groups in total. The Kier molecular flexibility index (Phi) is 4.33. The van der Waals surface area contributed by atoms with E-state index in [0.717, 1.165) is 11.5 Å². The van der Waals surface area contributed by atoms with Crippen LogP contribution in [-0.4, -0.2) is 6.04 Å². The summed E-state index contributed by atoms with van der Waals surface area (Å²) in [5, 5.41) is 0. The van der Waals surface area contributed by atoms with Crippen LogP contribution in [0.5, 0.6) is 0 Å². The van der Waals surface area contributed by atoms with Gasteiger partial charge in [-0.1, -0.05) is 25.8 Å². The molecule has 3 heteroatoms. The highest BCUT2D eigenvalue weighted by molar-refractivity contribution is 5.19. The second-order valence-electron chi connectivity index (χ2n) is 5.46. The van der Waals surface area contributed by atoms with Crippen molar-refractivity contribution in [3.63, 3.8) is 0 Å². The zero-order valence-electron chi connectivity index (χ0n) is 10.8. The van der Waals surface area contributed by atoms with E-state index in [1.807, 2.05) is 0 Å². The molecule has 0 heterocycles. The number of halogens is 2. The van der Waals surface area contributed by atoms with Crippen molar-refractivity contribution in [1.82, 2.24) is 0 Å². The molecule has 0 radical (unpaired) electrons. The van der Waals surface area contributed by atoms with Gasteiger partial charge in [0.05, 0.1) is 0 Å². The third-order valence-corrected chi connectivity index (χ3v) is 4.22. The lowest BCUT2D eigenvalue weighted by Crippen LogP contribution is -2.31. The Morgan fingerprint density at radius 2 is 2.06 bits per heavy atom. The van der Waals surface area contributed by atoms with Crippen molar-refractivity contribution in [2.45, 2.75) is 45.1 Å². The summed E-state index contributed by atoms with van der Waals surface area (Å²) < 4.78 is 25.9. The van der Waals surface area contributed by atoms with Gasteiger partial charge in [0.1, 0.15) is 0 Å². The molecule has 1 aliphatic rings. The summed E-state index contributed by atoms with van der Waals surface area (Å²) in [5.41, 5.74) is 6.99. The minimum atomic E-state index is -0.792. The molecule has 18 heavy (non-hydrogen) atoms. The average molecular weight is 253 g/mol. The van der Waals surface area contributed by atoms with E-state index >= 15 is 0 Å². The van der Waals surface area contributed by atoms with Crippen LogP contribution < -0.4 is 5.73 Å². The second-order valence-corrected chi connectivity index (χ2v) is 5.46. The Morgan fingerprint density at radius 1 is 1.28 bits per heavy atom. The molecule has 3 unspecified atom stereocenters. The first-order valence-corrected chi connectivity index (χ1v) is 6.79. The van der Waals surface area contributed by atoms with Crippen molar-refractivity contribution in [1.29, 1.82) is 0 Å². The smallest absolute Gasteiger partial charge is 0.159 e. The fourth-order valence-corrected chi connectivity index (χ4v) is 2.98. The third-order valence-electron chi connectivity index (χ3n) is 4.22. The van der Waals surface area contributed by atoms with Crippen molar-refractivity contribution in [2.24, 2.45) is 17.6 Å². The van der Waals surface area contributed by atoms with Crippen molar-refractivity contribution in [2.75, 3.05) is 0 Å². The lowest BCUT2D eigenvalue weighted by atomic mass is 9.91. The molecular weight excluding hydrogens is 232 g/mol. The summed E-state index contributed by atoms with van der Waals surface area (Å²) in [5.74, 6) is -0.245. The van der Waals surface area contributed by atoms with Gasteiger partial charge < -0.3 is 5.73 Å². The molecule has 0 amide bonds. The minimum Gasteiger partial charge on any atom is -0.327 e. The molecule has 0 bridgehead atoms. The van der Waals surface area contributed by atoms with Crippen LogP contribution in [0.15, 0.2) is 18.2 Å². The Hall–Kier alpha value is -0.960. The molecule has 2 rings (SSSR count). The lowest BCUT2D eigenvalue weighted by Gasteiger charge is -2.19. The van der Waals surface area contributed by atoms with Crippen LogP contribution in [0.4, 0.5) is 8.78 Å². The molecule has 0 spiro atoms. The van der Waals surface area contributed by atoms with Crippen molar-refractivity contribution in [3.8, 4) is 0 Å².